The van der Waals surface area contributed by atoms with Crippen LogP contribution < -0.4 is 0 Å². The quantitative estimate of drug-likeness (QED) is 0.736. The zero-order valence-corrected chi connectivity index (χ0v) is 7.04. The van der Waals surface area contributed by atoms with Gasteiger partial charge in [-0.1, -0.05) is 6.07 Å². The number of hydrogen-bond acceptors (Lipinski definition) is 2. The second-order valence-electron chi connectivity index (χ2n) is 2.82. The lowest BCUT2D eigenvalue weighted by Gasteiger charge is -2.14. The van der Waals surface area contributed by atoms with Crippen molar-refractivity contribution in [1.29, 1.82) is 0 Å². The highest BCUT2D eigenvalue weighted by molar-refractivity contribution is 5.22. The topological polar surface area (TPSA) is 40.5 Å². The van der Waals surface area contributed by atoms with Crippen molar-refractivity contribution in [2.45, 2.75) is 19.1 Å². The van der Waals surface area contributed by atoms with E-state index >= 15 is 0 Å². The Bertz CT molecular complexity index is 279. The number of hydrogen-bond donors (Lipinski definition) is 2. The minimum absolute atomic E-state index is 0.488. The van der Waals surface area contributed by atoms with Crippen molar-refractivity contribution >= 4 is 0 Å². The smallest absolute Gasteiger partial charge is 0.132 e. The molecule has 1 unspecified atom stereocenters. The van der Waals surface area contributed by atoms with Gasteiger partial charge < -0.3 is 10.2 Å². The Balaban J connectivity index is 3.12. The van der Waals surface area contributed by atoms with Gasteiger partial charge in [-0.15, -0.1) is 0 Å². The van der Waals surface area contributed by atoms with Crippen LogP contribution in [0.3, 0.4) is 0 Å². The second-order valence-corrected chi connectivity index (χ2v) is 2.82. The van der Waals surface area contributed by atoms with Crippen molar-refractivity contribution in [3.05, 3.63) is 35.4 Å². The molecule has 0 saturated heterocycles. The molecule has 0 fully saturated rings. The molecule has 2 nitrogen and oxygen atoms in total. The van der Waals surface area contributed by atoms with E-state index in [1.54, 1.807) is 0 Å². The maximum Gasteiger partial charge on any atom is 0.132 e. The molecule has 0 saturated carbocycles. The molecule has 0 aromatic heterocycles. The van der Waals surface area contributed by atoms with Gasteiger partial charge in [0.25, 0.3) is 0 Å². The van der Waals surface area contributed by atoms with Crippen molar-refractivity contribution in [3.8, 4) is 0 Å². The molecular formula is C9H10F2O2. The number of halogens is 2. The van der Waals surface area contributed by atoms with E-state index in [4.69, 9.17) is 5.11 Å². The molecule has 0 aliphatic heterocycles. The van der Waals surface area contributed by atoms with E-state index < -0.39 is 29.4 Å². The van der Waals surface area contributed by atoms with Gasteiger partial charge in [-0.05, 0) is 19.1 Å². The maximum absolute atomic E-state index is 13.0. The Morgan fingerprint density at radius 2 is 1.62 bits per heavy atom. The first-order chi connectivity index (χ1) is 6.04. The number of rotatable bonds is 2. The summed E-state index contributed by atoms with van der Waals surface area (Å²) in [5.41, 5.74) is -0.488. The van der Waals surface area contributed by atoms with Crippen LogP contribution in [-0.4, -0.2) is 16.3 Å². The summed E-state index contributed by atoms with van der Waals surface area (Å²) in [5.74, 6) is -1.71. The van der Waals surface area contributed by atoms with Gasteiger partial charge in [-0.25, -0.2) is 8.78 Å². The molecule has 0 heterocycles. The van der Waals surface area contributed by atoms with E-state index in [0.29, 0.717) is 0 Å². The lowest BCUT2D eigenvalue weighted by Crippen LogP contribution is -2.16. The molecule has 0 bridgehead atoms. The van der Waals surface area contributed by atoms with E-state index in [1.165, 1.54) is 13.0 Å². The van der Waals surface area contributed by atoms with Gasteiger partial charge in [-0.2, -0.15) is 0 Å². The molecule has 0 aliphatic rings. The van der Waals surface area contributed by atoms with Crippen LogP contribution in [0, 0.1) is 11.6 Å². The third kappa shape index (κ3) is 2.02. The third-order valence-corrected chi connectivity index (χ3v) is 1.75. The van der Waals surface area contributed by atoms with E-state index in [2.05, 4.69) is 0 Å². The van der Waals surface area contributed by atoms with Crippen LogP contribution in [0.5, 0.6) is 0 Å². The van der Waals surface area contributed by atoms with E-state index in [0.717, 1.165) is 12.1 Å². The Kier molecular flexibility index (Phi) is 2.95. The van der Waals surface area contributed by atoms with Crippen LogP contribution >= 0.6 is 0 Å². The van der Waals surface area contributed by atoms with Crippen molar-refractivity contribution in [3.63, 3.8) is 0 Å². The molecule has 0 spiro atoms. The summed E-state index contributed by atoms with van der Waals surface area (Å²) in [6.45, 7) is 1.26. The lowest BCUT2D eigenvalue weighted by atomic mass is 10.0. The molecule has 13 heavy (non-hydrogen) atoms. The molecule has 1 aromatic carbocycles. The fourth-order valence-electron chi connectivity index (χ4n) is 1.03. The van der Waals surface area contributed by atoms with Gasteiger partial charge >= 0.3 is 0 Å². The Morgan fingerprint density at radius 1 is 1.15 bits per heavy atom. The second kappa shape index (κ2) is 3.81. The van der Waals surface area contributed by atoms with Gasteiger partial charge in [0, 0.05) is 0 Å². The molecule has 72 valence electrons. The first-order valence-electron chi connectivity index (χ1n) is 3.84. The zero-order chi connectivity index (χ0) is 10.0. The lowest BCUT2D eigenvalue weighted by molar-refractivity contribution is 0.0259. The molecular weight excluding hydrogens is 178 g/mol. The average molecular weight is 188 g/mol. The minimum Gasteiger partial charge on any atom is -0.390 e. The van der Waals surface area contributed by atoms with Gasteiger partial charge in [0.1, 0.15) is 17.7 Å². The van der Waals surface area contributed by atoms with E-state index in [9.17, 15) is 13.9 Å². The molecule has 1 aromatic rings. The average Bonchev–Trinajstić information content (AvgIpc) is 2.03. The molecule has 2 atom stereocenters. The predicted molar refractivity (Wildman–Crippen MR) is 43.0 cm³/mol. The summed E-state index contributed by atoms with van der Waals surface area (Å²) in [5, 5.41) is 18.2. The SMILES string of the molecule is CC(O)[C@@H](O)c1c(F)cccc1F. The summed E-state index contributed by atoms with van der Waals surface area (Å²) in [6, 6.07) is 3.26. The van der Waals surface area contributed by atoms with Crippen molar-refractivity contribution < 1.29 is 19.0 Å². The van der Waals surface area contributed by atoms with Crippen LogP contribution in [0.2, 0.25) is 0 Å². The van der Waals surface area contributed by atoms with Crippen LogP contribution in [0.25, 0.3) is 0 Å². The van der Waals surface area contributed by atoms with Gasteiger partial charge in [0.15, 0.2) is 0 Å². The normalized spacial score (nSPS) is 15.5. The summed E-state index contributed by atoms with van der Waals surface area (Å²) in [6.07, 6.45) is -2.73. The van der Waals surface area contributed by atoms with Crippen LogP contribution in [0.4, 0.5) is 8.78 Å². The molecule has 1 rings (SSSR count). The summed E-state index contributed by atoms with van der Waals surface area (Å²) < 4.78 is 25.9. The van der Waals surface area contributed by atoms with Crippen LogP contribution in [0.15, 0.2) is 18.2 Å². The fourth-order valence-corrected chi connectivity index (χ4v) is 1.03. The highest BCUT2D eigenvalue weighted by Crippen LogP contribution is 2.22. The zero-order valence-electron chi connectivity index (χ0n) is 7.04. The molecule has 0 radical (unpaired) electrons. The Morgan fingerprint density at radius 3 is 2.00 bits per heavy atom. The van der Waals surface area contributed by atoms with Crippen LogP contribution in [-0.2, 0) is 0 Å². The van der Waals surface area contributed by atoms with E-state index in [-0.39, 0.29) is 0 Å². The third-order valence-electron chi connectivity index (χ3n) is 1.75. The van der Waals surface area contributed by atoms with Crippen molar-refractivity contribution in [2.24, 2.45) is 0 Å². The number of benzene rings is 1. The fraction of sp³-hybridized carbons (Fsp3) is 0.333. The first kappa shape index (κ1) is 10.1. The first-order valence-corrected chi connectivity index (χ1v) is 3.84. The molecule has 0 amide bonds. The highest BCUT2D eigenvalue weighted by atomic mass is 19.1. The monoisotopic (exact) mass is 188 g/mol. The summed E-state index contributed by atoms with van der Waals surface area (Å²) in [4.78, 5) is 0. The maximum atomic E-state index is 13.0. The number of aliphatic hydroxyl groups excluding tert-OH is 2. The van der Waals surface area contributed by atoms with Gasteiger partial charge in [-0.3, -0.25) is 0 Å². The highest BCUT2D eigenvalue weighted by Gasteiger charge is 2.21. The Hall–Kier alpha value is -1.00. The summed E-state index contributed by atoms with van der Waals surface area (Å²) >= 11 is 0. The largest absolute Gasteiger partial charge is 0.390 e. The standard InChI is InChI=1S/C9H10F2O2/c1-5(12)9(13)8-6(10)3-2-4-7(8)11/h2-5,9,12-13H,1H3/t5?,9-/m1/s1. The summed E-state index contributed by atoms with van der Waals surface area (Å²) in [7, 11) is 0. The van der Waals surface area contributed by atoms with Crippen LogP contribution in [0.1, 0.15) is 18.6 Å². The minimum atomic E-state index is -1.53. The van der Waals surface area contributed by atoms with E-state index in [1.807, 2.05) is 0 Å². The van der Waals surface area contributed by atoms with Gasteiger partial charge in [0.2, 0.25) is 0 Å². The predicted octanol–water partition coefficient (Wildman–Crippen LogP) is 1.38. The van der Waals surface area contributed by atoms with Gasteiger partial charge in [0.05, 0.1) is 11.7 Å². The Labute approximate surface area is 74.4 Å². The molecule has 2 N–H and O–H groups in total. The number of aliphatic hydroxyl groups is 2. The van der Waals surface area contributed by atoms with Crippen molar-refractivity contribution in [2.75, 3.05) is 0 Å². The molecule has 4 heteroatoms. The molecule has 0 aliphatic carbocycles. The van der Waals surface area contributed by atoms with Crippen molar-refractivity contribution in [1.82, 2.24) is 0 Å².